The molecule has 1 aromatic rings. The molecule has 0 bridgehead atoms. The van der Waals surface area contributed by atoms with Gasteiger partial charge in [0.1, 0.15) is 0 Å². The standard InChI is InChI=1S/C12H14F3N3O5S/c1-24-5-3-16(2-4-19)11-9(17(20)21)6-8(12(13,14)15)7-10(11)18(22)23/h6-7,19H,2-5H2,1H3. The fourth-order valence-corrected chi connectivity index (χ4v) is 2.43. The summed E-state index contributed by atoms with van der Waals surface area (Å²) in [6, 6.07) is 0.539. The van der Waals surface area contributed by atoms with E-state index in [4.69, 9.17) is 5.11 Å². The normalized spacial score (nSPS) is 11.4. The molecule has 0 radical (unpaired) electrons. The summed E-state index contributed by atoms with van der Waals surface area (Å²) in [4.78, 5) is 21.3. The first-order valence-corrected chi connectivity index (χ1v) is 7.91. The third-order valence-corrected chi connectivity index (χ3v) is 3.63. The predicted molar refractivity (Wildman–Crippen MR) is 82.4 cm³/mol. The van der Waals surface area contributed by atoms with Crippen LogP contribution in [0, 0.1) is 20.2 Å². The fraction of sp³-hybridized carbons (Fsp3) is 0.500. The van der Waals surface area contributed by atoms with E-state index in [2.05, 4.69) is 0 Å². The molecule has 0 aromatic heterocycles. The van der Waals surface area contributed by atoms with Crippen LogP contribution in [-0.2, 0) is 6.18 Å². The van der Waals surface area contributed by atoms with E-state index in [1.54, 1.807) is 6.26 Å². The molecule has 1 N–H and O–H groups in total. The second-order valence-electron chi connectivity index (χ2n) is 4.58. The molecule has 0 unspecified atom stereocenters. The van der Waals surface area contributed by atoms with E-state index in [1.807, 2.05) is 0 Å². The van der Waals surface area contributed by atoms with Crippen LogP contribution in [0.1, 0.15) is 5.56 Å². The zero-order valence-corrected chi connectivity index (χ0v) is 13.3. The van der Waals surface area contributed by atoms with E-state index in [0.717, 1.165) is 4.90 Å². The molecular weight excluding hydrogens is 355 g/mol. The van der Waals surface area contributed by atoms with Gasteiger partial charge in [0.05, 0.1) is 22.0 Å². The summed E-state index contributed by atoms with van der Waals surface area (Å²) in [6.45, 7) is -0.563. The third-order valence-electron chi connectivity index (χ3n) is 3.04. The van der Waals surface area contributed by atoms with E-state index in [9.17, 15) is 33.4 Å². The first-order valence-electron chi connectivity index (χ1n) is 6.52. The topological polar surface area (TPSA) is 110 Å². The third kappa shape index (κ3) is 4.71. The summed E-state index contributed by atoms with van der Waals surface area (Å²) in [5, 5.41) is 31.4. The lowest BCUT2D eigenvalue weighted by Gasteiger charge is -2.23. The van der Waals surface area contributed by atoms with Crippen LogP contribution in [0.15, 0.2) is 12.1 Å². The molecule has 1 aromatic carbocycles. The number of anilines is 1. The highest BCUT2D eigenvalue weighted by Gasteiger charge is 2.39. The molecule has 0 atom stereocenters. The van der Waals surface area contributed by atoms with Crippen LogP contribution in [0.25, 0.3) is 0 Å². The van der Waals surface area contributed by atoms with Crippen molar-refractivity contribution in [1.82, 2.24) is 0 Å². The molecular formula is C12H14F3N3O5S. The predicted octanol–water partition coefficient (Wildman–Crippen LogP) is 2.68. The zero-order chi connectivity index (χ0) is 18.5. The van der Waals surface area contributed by atoms with Crippen molar-refractivity contribution in [3.63, 3.8) is 0 Å². The summed E-state index contributed by atoms with van der Waals surface area (Å²) >= 11 is 1.34. The summed E-state index contributed by atoms with van der Waals surface area (Å²) in [5.74, 6) is 0.412. The fourth-order valence-electron chi connectivity index (χ4n) is 2.03. The Morgan fingerprint density at radius 2 is 1.67 bits per heavy atom. The van der Waals surface area contributed by atoms with E-state index >= 15 is 0 Å². The highest BCUT2D eigenvalue weighted by Crippen LogP contribution is 2.43. The van der Waals surface area contributed by atoms with Crippen molar-refractivity contribution < 1.29 is 28.1 Å². The monoisotopic (exact) mass is 369 g/mol. The van der Waals surface area contributed by atoms with Crippen molar-refractivity contribution >= 4 is 28.8 Å². The lowest BCUT2D eigenvalue weighted by molar-refractivity contribution is -0.393. The molecule has 24 heavy (non-hydrogen) atoms. The Hall–Kier alpha value is -2.08. The van der Waals surface area contributed by atoms with Crippen LogP contribution in [0.3, 0.4) is 0 Å². The van der Waals surface area contributed by atoms with Crippen molar-refractivity contribution in [2.24, 2.45) is 0 Å². The van der Waals surface area contributed by atoms with Gasteiger partial charge in [0, 0.05) is 31.0 Å². The summed E-state index contributed by atoms with van der Waals surface area (Å²) in [7, 11) is 0. The molecule has 0 aliphatic rings. The lowest BCUT2D eigenvalue weighted by Crippen LogP contribution is -2.30. The molecule has 12 heteroatoms. The Labute approximate surface area is 138 Å². The van der Waals surface area contributed by atoms with Gasteiger partial charge in [-0.1, -0.05) is 0 Å². The van der Waals surface area contributed by atoms with Gasteiger partial charge >= 0.3 is 6.18 Å². The number of thioether (sulfide) groups is 1. The largest absolute Gasteiger partial charge is 0.416 e. The molecule has 0 aliphatic carbocycles. The lowest BCUT2D eigenvalue weighted by atomic mass is 10.1. The van der Waals surface area contributed by atoms with Crippen molar-refractivity contribution in [3.05, 3.63) is 37.9 Å². The number of nitrogens with zero attached hydrogens (tertiary/aromatic N) is 3. The number of hydrogen-bond acceptors (Lipinski definition) is 7. The molecule has 0 fully saturated rings. The second-order valence-corrected chi connectivity index (χ2v) is 5.56. The number of rotatable bonds is 8. The number of aliphatic hydroxyl groups is 1. The SMILES string of the molecule is CSCCN(CCO)c1c([N+](=O)[O-])cc(C(F)(F)F)cc1[N+](=O)[O-]. The maximum Gasteiger partial charge on any atom is 0.416 e. The minimum absolute atomic E-state index is 0.0920. The van der Waals surface area contributed by atoms with E-state index < -0.39 is 45.3 Å². The second kappa shape index (κ2) is 8.15. The number of aliphatic hydroxyl groups excluding tert-OH is 1. The Morgan fingerprint density at radius 3 is 2.00 bits per heavy atom. The smallest absolute Gasteiger partial charge is 0.395 e. The average molecular weight is 369 g/mol. The van der Waals surface area contributed by atoms with Gasteiger partial charge in [0.2, 0.25) is 0 Å². The van der Waals surface area contributed by atoms with Crippen LogP contribution in [-0.4, -0.2) is 46.7 Å². The van der Waals surface area contributed by atoms with Crippen molar-refractivity contribution in [3.8, 4) is 0 Å². The minimum atomic E-state index is -4.96. The number of hydrogen-bond donors (Lipinski definition) is 1. The highest BCUT2D eigenvalue weighted by molar-refractivity contribution is 7.98. The highest BCUT2D eigenvalue weighted by atomic mass is 32.2. The van der Waals surface area contributed by atoms with E-state index in [-0.39, 0.29) is 25.2 Å². The van der Waals surface area contributed by atoms with Gasteiger partial charge in [-0.15, -0.1) is 0 Å². The number of nitro groups is 2. The zero-order valence-electron chi connectivity index (χ0n) is 12.4. The Bertz CT molecular complexity index is 591. The average Bonchev–Trinajstić information content (AvgIpc) is 2.49. The summed E-state index contributed by atoms with van der Waals surface area (Å²) in [6.07, 6.45) is -3.23. The van der Waals surface area contributed by atoms with Gasteiger partial charge in [-0.3, -0.25) is 20.2 Å². The summed E-state index contributed by atoms with van der Waals surface area (Å²) < 4.78 is 38.6. The maximum atomic E-state index is 12.9. The molecule has 0 aliphatic heterocycles. The van der Waals surface area contributed by atoms with Crippen LogP contribution >= 0.6 is 11.8 Å². The molecule has 0 spiro atoms. The van der Waals surface area contributed by atoms with Crippen LogP contribution in [0.2, 0.25) is 0 Å². The van der Waals surface area contributed by atoms with Crippen LogP contribution < -0.4 is 4.90 Å². The number of benzene rings is 1. The molecule has 134 valence electrons. The van der Waals surface area contributed by atoms with Gasteiger partial charge in [-0.05, 0) is 6.26 Å². The summed E-state index contributed by atoms with van der Waals surface area (Å²) in [5.41, 5.74) is -4.06. The first-order chi connectivity index (χ1) is 11.1. The van der Waals surface area contributed by atoms with Gasteiger partial charge in [0.25, 0.3) is 11.4 Å². The van der Waals surface area contributed by atoms with Crippen molar-refractivity contribution in [2.45, 2.75) is 6.18 Å². The number of alkyl halides is 3. The maximum absolute atomic E-state index is 12.9. The Morgan fingerprint density at radius 1 is 1.17 bits per heavy atom. The number of nitro benzene ring substituents is 2. The van der Waals surface area contributed by atoms with E-state index in [1.165, 1.54) is 11.8 Å². The van der Waals surface area contributed by atoms with Crippen LogP contribution in [0.5, 0.6) is 0 Å². The Balaban J connectivity index is 3.65. The molecule has 0 saturated heterocycles. The quantitative estimate of drug-likeness (QED) is 0.554. The van der Waals surface area contributed by atoms with Crippen molar-refractivity contribution in [1.29, 1.82) is 0 Å². The van der Waals surface area contributed by atoms with Crippen LogP contribution in [0.4, 0.5) is 30.2 Å². The molecule has 0 saturated carbocycles. The Kier molecular flexibility index (Phi) is 6.78. The molecule has 8 nitrogen and oxygen atoms in total. The van der Waals surface area contributed by atoms with Gasteiger partial charge < -0.3 is 10.0 Å². The van der Waals surface area contributed by atoms with Gasteiger partial charge in [0.15, 0.2) is 5.69 Å². The van der Waals surface area contributed by atoms with E-state index in [0.29, 0.717) is 5.75 Å². The van der Waals surface area contributed by atoms with Crippen molar-refractivity contribution in [2.75, 3.05) is 36.6 Å². The minimum Gasteiger partial charge on any atom is -0.395 e. The first kappa shape index (κ1) is 20.0. The van der Waals surface area contributed by atoms with Gasteiger partial charge in [-0.25, -0.2) is 0 Å². The van der Waals surface area contributed by atoms with Gasteiger partial charge in [-0.2, -0.15) is 24.9 Å². The molecule has 0 amide bonds. The number of halogens is 3. The molecule has 1 rings (SSSR count). The molecule has 0 heterocycles.